The number of nitrogen functional groups attached to an aromatic ring is 1. The van der Waals surface area contributed by atoms with Crippen LogP contribution in [0.4, 0.5) is 10.2 Å². The lowest BCUT2D eigenvalue weighted by molar-refractivity contribution is 0.586. The van der Waals surface area contributed by atoms with Crippen LogP contribution in [0.25, 0.3) is 16.6 Å². The summed E-state index contributed by atoms with van der Waals surface area (Å²) in [6.07, 6.45) is 3.38. The Balaban J connectivity index is 2.17. The van der Waals surface area contributed by atoms with E-state index in [0.717, 1.165) is 5.52 Å². The number of anilines is 1. The molecule has 0 aromatic carbocycles. The number of nitrogens with two attached hydrogens (primary N) is 1. The second-order valence-electron chi connectivity index (χ2n) is 6.24. The summed E-state index contributed by atoms with van der Waals surface area (Å²) in [6, 6.07) is 6.50. The lowest BCUT2D eigenvalue weighted by Crippen LogP contribution is -2.21. The van der Waals surface area contributed by atoms with Crippen LogP contribution in [-0.4, -0.2) is 23.6 Å². The molecule has 0 spiro atoms. The average Bonchev–Trinajstić information content (AvgIpc) is 2.87. The summed E-state index contributed by atoms with van der Waals surface area (Å²) >= 11 is 0. The summed E-state index contributed by atoms with van der Waals surface area (Å²) in [5, 5.41) is 4.25. The van der Waals surface area contributed by atoms with Crippen molar-refractivity contribution in [2.45, 2.75) is 30.4 Å². The molecule has 1 unspecified atom stereocenters. The van der Waals surface area contributed by atoms with E-state index in [1.54, 1.807) is 29.0 Å². The molecule has 0 aliphatic carbocycles. The van der Waals surface area contributed by atoms with Crippen molar-refractivity contribution in [2.75, 3.05) is 5.73 Å². The van der Waals surface area contributed by atoms with Crippen molar-refractivity contribution in [3.63, 3.8) is 0 Å². The number of fused-ring (bicyclic) bond motifs is 1. The molecule has 0 radical (unpaired) electrons. The molecule has 1 atom stereocenters. The fourth-order valence-electron chi connectivity index (χ4n) is 2.33. The Morgan fingerprint density at radius 3 is 2.65 bits per heavy atom. The molecule has 7 heteroatoms. The Labute approximate surface area is 135 Å². The first-order chi connectivity index (χ1) is 10.8. The quantitative estimate of drug-likeness (QED) is 0.732. The molecule has 3 aromatic heterocycles. The first-order valence-corrected chi connectivity index (χ1v) is 8.23. The molecule has 5 nitrogen and oxygen atoms in total. The highest BCUT2D eigenvalue weighted by Gasteiger charge is 2.22. The van der Waals surface area contributed by atoms with Crippen LogP contribution < -0.4 is 5.73 Å². The molecule has 2 N–H and O–H groups in total. The molecule has 0 amide bonds. The summed E-state index contributed by atoms with van der Waals surface area (Å²) in [5.74, 6) is -0.539. The van der Waals surface area contributed by atoms with Gasteiger partial charge in [0, 0.05) is 27.5 Å². The Bertz CT molecular complexity index is 894. The first-order valence-electron chi connectivity index (χ1n) is 7.08. The van der Waals surface area contributed by atoms with E-state index in [2.05, 4.69) is 10.1 Å². The van der Waals surface area contributed by atoms with Gasteiger partial charge < -0.3 is 5.73 Å². The first kappa shape index (κ1) is 15.6. The van der Waals surface area contributed by atoms with Crippen LogP contribution in [0.15, 0.2) is 41.6 Å². The maximum absolute atomic E-state index is 13.5. The van der Waals surface area contributed by atoms with Crippen LogP contribution in [0.3, 0.4) is 0 Å². The van der Waals surface area contributed by atoms with Crippen LogP contribution in [0.2, 0.25) is 0 Å². The highest BCUT2D eigenvalue weighted by atomic mass is 32.2. The third-order valence-corrected chi connectivity index (χ3v) is 5.18. The second-order valence-corrected chi connectivity index (χ2v) is 8.47. The van der Waals surface area contributed by atoms with Crippen molar-refractivity contribution in [3.8, 4) is 11.1 Å². The molecule has 120 valence electrons. The zero-order valence-corrected chi connectivity index (χ0v) is 13.9. The highest BCUT2D eigenvalue weighted by Crippen LogP contribution is 2.28. The fraction of sp³-hybridized carbons (Fsp3) is 0.250. The van der Waals surface area contributed by atoms with E-state index in [-0.39, 0.29) is 10.6 Å². The average molecular weight is 332 g/mol. The molecular weight excluding hydrogens is 315 g/mol. The molecule has 0 saturated carbocycles. The molecule has 3 aromatic rings. The molecule has 3 rings (SSSR count). The van der Waals surface area contributed by atoms with Gasteiger partial charge in [0.2, 0.25) is 5.95 Å². The van der Waals surface area contributed by atoms with Gasteiger partial charge in [-0.1, -0.05) is 0 Å². The lowest BCUT2D eigenvalue weighted by Gasteiger charge is -2.17. The standard InChI is InChI=1S/C16H17FN4OS/c1-16(2,3)23(22)11-4-5-21-13(8-11)12(9-19-21)10-6-14(17)20-15(18)7-10/h4-9H,1-3H3,(H2,18,20). The Morgan fingerprint density at radius 1 is 1.26 bits per heavy atom. The largest absolute Gasteiger partial charge is 0.384 e. The van der Waals surface area contributed by atoms with Gasteiger partial charge in [-0.25, -0.2) is 9.50 Å². The van der Waals surface area contributed by atoms with Gasteiger partial charge in [-0.05, 0) is 44.5 Å². The van der Waals surface area contributed by atoms with Gasteiger partial charge in [-0.15, -0.1) is 0 Å². The normalized spacial score (nSPS) is 13.4. The minimum Gasteiger partial charge on any atom is -0.384 e. The molecule has 0 aliphatic rings. The molecular formula is C16H17FN4OS. The topological polar surface area (TPSA) is 73.3 Å². The minimum absolute atomic E-state index is 0.105. The van der Waals surface area contributed by atoms with Crippen molar-refractivity contribution >= 4 is 22.1 Å². The van der Waals surface area contributed by atoms with E-state index >= 15 is 0 Å². The van der Waals surface area contributed by atoms with Gasteiger partial charge in [0.25, 0.3) is 0 Å². The fourth-order valence-corrected chi connectivity index (χ4v) is 3.44. The molecule has 3 heterocycles. The summed E-state index contributed by atoms with van der Waals surface area (Å²) < 4.78 is 27.4. The van der Waals surface area contributed by atoms with Crippen LogP contribution in [0.1, 0.15) is 20.8 Å². The monoisotopic (exact) mass is 332 g/mol. The maximum atomic E-state index is 13.5. The predicted molar refractivity (Wildman–Crippen MR) is 89.0 cm³/mol. The minimum atomic E-state index is -1.17. The second kappa shape index (κ2) is 5.42. The van der Waals surface area contributed by atoms with Crippen molar-refractivity contribution < 1.29 is 8.60 Å². The van der Waals surface area contributed by atoms with E-state index in [1.165, 1.54) is 6.07 Å². The summed E-state index contributed by atoms with van der Waals surface area (Å²) in [5.41, 5.74) is 7.66. The summed E-state index contributed by atoms with van der Waals surface area (Å²) in [7, 11) is -1.17. The molecule has 0 bridgehead atoms. The Kier molecular flexibility index (Phi) is 3.68. The van der Waals surface area contributed by atoms with Crippen LogP contribution >= 0.6 is 0 Å². The summed E-state index contributed by atoms with van der Waals surface area (Å²) in [6.45, 7) is 5.76. The smallest absolute Gasteiger partial charge is 0.215 e. The molecule has 0 aliphatic heterocycles. The van der Waals surface area contributed by atoms with E-state index in [1.807, 2.05) is 26.8 Å². The SMILES string of the molecule is CC(C)(C)S(=O)c1ccn2ncc(-c3cc(N)nc(F)c3)c2c1. The predicted octanol–water partition coefficient (Wildman–Crippen LogP) is 3.02. The zero-order chi connectivity index (χ0) is 16.8. The van der Waals surface area contributed by atoms with E-state index in [4.69, 9.17) is 5.73 Å². The van der Waals surface area contributed by atoms with Gasteiger partial charge in [0.15, 0.2) is 0 Å². The van der Waals surface area contributed by atoms with Crippen LogP contribution in [0.5, 0.6) is 0 Å². The van der Waals surface area contributed by atoms with Crippen molar-refractivity contribution in [1.82, 2.24) is 14.6 Å². The highest BCUT2D eigenvalue weighted by molar-refractivity contribution is 7.86. The third-order valence-electron chi connectivity index (χ3n) is 3.39. The number of hydrogen-bond donors (Lipinski definition) is 1. The number of rotatable bonds is 2. The maximum Gasteiger partial charge on any atom is 0.215 e. The summed E-state index contributed by atoms with van der Waals surface area (Å²) in [4.78, 5) is 4.24. The van der Waals surface area contributed by atoms with Crippen molar-refractivity contribution in [3.05, 3.63) is 42.6 Å². The van der Waals surface area contributed by atoms with Gasteiger partial charge in [0.05, 0.1) is 22.5 Å². The molecule has 0 saturated heterocycles. The Morgan fingerprint density at radius 2 is 2.00 bits per heavy atom. The van der Waals surface area contributed by atoms with Gasteiger partial charge in [0.1, 0.15) is 5.82 Å². The third kappa shape index (κ3) is 2.96. The van der Waals surface area contributed by atoms with Crippen LogP contribution in [-0.2, 0) is 10.8 Å². The molecule has 23 heavy (non-hydrogen) atoms. The van der Waals surface area contributed by atoms with Gasteiger partial charge in [-0.3, -0.25) is 4.21 Å². The van der Waals surface area contributed by atoms with E-state index in [0.29, 0.717) is 16.0 Å². The van der Waals surface area contributed by atoms with E-state index < -0.39 is 16.7 Å². The Hall–Kier alpha value is -2.28. The van der Waals surface area contributed by atoms with E-state index in [9.17, 15) is 8.60 Å². The number of hydrogen-bond acceptors (Lipinski definition) is 4. The number of nitrogens with zero attached hydrogens (tertiary/aromatic N) is 3. The van der Waals surface area contributed by atoms with Crippen LogP contribution in [0, 0.1) is 5.95 Å². The lowest BCUT2D eigenvalue weighted by atomic mass is 10.1. The van der Waals surface area contributed by atoms with Gasteiger partial charge >= 0.3 is 0 Å². The zero-order valence-electron chi connectivity index (χ0n) is 13.1. The number of pyridine rings is 2. The van der Waals surface area contributed by atoms with Gasteiger partial charge in [-0.2, -0.15) is 9.49 Å². The number of aromatic nitrogens is 3. The number of halogens is 1. The van der Waals surface area contributed by atoms with Crippen molar-refractivity contribution in [1.29, 1.82) is 0 Å². The van der Waals surface area contributed by atoms with Crippen molar-refractivity contribution in [2.24, 2.45) is 0 Å². The molecule has 0 fully saturated rings.